The predicted molar refractivity (Wildman–Crippen MR) is 131 cm³/mol. The standard InChI is InChI=1S/C24H34N4O2.ClH/c1-19-9-7-10-20(24(29)26(2)3)23(19)25-13-8-14-27-15-17-28(18-16-27)21-11-5-6-12-22(21)30-4;/h5-7,9-12,25H,8,13-18H2,1-4H3;1H. The van der Waals surface area contributed by atoms with Crippen molar-refractivity contribution < 1.29 is 9.53 Å². The smallest absolute Gasteiger partial charge is 0.255 e. The number of nitrogens with zero attached hydrogens (tertiary/aromatic N) is 3. The minimum Gasteiger partial charge on any atom is -0.495 e. The predicted octanol–water partition coefficient (Wildman–Crippen LogP) is 3.75. The van der Waals surface area contributed by atoms with Crippen LogP contribution in [-0.4, -0.2) is 76.2 Å². The van der Waals surface area contributed by atoms with E-state index in [4.69, 9.17) is 4.74 Å². The Balaban J connectivity index is 0.00000341. The zero-order valence-corrected chi connectivity index (χ0v) is 19.9. The number of anilines is 2. The molecule has 0 bridgehead atoms. The van der Waals surface area contributed by atoms with Crippen molar-refractivity contribution in [1.29, 1.82) is 0 Å². The number of halogens is 1. The molecule has 31 heavy (non-hydrogen) atoms. The summed E-state index contributed by atoms with van der Waals surface area (Å²) in [6, 6.07) is 14.1. The van der Waals surface area contributed by atoms with Crippen molar-refractivity contribution in [3.63, 3.8) is 0 Å². The lowest BCUT2D eigenvalue weighted by Crippen LogP contribution is -2.47. The normalized spacial score (nSPS) is 14.0. The minimum absolute atomic E-state index is 0. The first-order valence-electron chi connectivity index (χ1n) is 10.7. The van der Waals surface area contributed by atoms with Crippen molar-refractivity contribution in [2.45, 2.75) is 13.3 Å². The second-order valence-corrected chi connectivity index (χ2v) is 7.98. The monoisotopic (exact) mass is 446 g/mol. The number of carbonyl (C=O) groups excluding carboxylic acids is 1. The fraction of sp³-hybridized carbons (Fsp3) is 0.458. The molecule has 1 saturated heterocycles. The maximum Gasteiger partial charge on any atom is 0.255 e. The molecule has 1 heterocycles. The van der Waals surface area contributed by atoms with Gasteiger partial charge in [0, 0.05) is 52.5 Å². The number of rotatable bonds is 8. The molecule has 0 atom stereocenters. The average Bonchev–Trinajstić information content (AvgIpc) is 2.77. The van der Waals surface area contributed by atoms with Crippen LogP contribution in [0.4, 0.5) is 11.4 Å². The van der Waals surface area contributed by atoms with Gasteiger partial charge in [-0.1, -0.05) is 24.3 Å². The number of hydrogen-bond acceptors (Lipinski definition) is 5. The highest BCUT2D eigenvalue weighted by Gasteiger charge is 2.19. The molecule has 0 radical (unpaired) electrons. The van der Waals surface area contributed by atoms with Gasteiger partial charge in [-0.3, -0.25) is 9.69 Å². The average molecular weight is 447 g/mol. The summed E-state index contributed by atoms with van der Waals surface area (Å²) in [6.45, 7) is 8.06. The molecule has 0 aromatic heterocycles. The summed E-state index contributed by atoms with van der Waals surface area (Å²) in [4.78, 5) is 19.0. The lowest BCUT2D eigenvalue weighted by Gasteiger charge is -2.36. The molecule has 6 nitrogen and oxygen atoms in total. The molecule has 1 fully saturated rings. The number of hydrogen-bond donors (Lipinski definition) is 1. The number of carbonyl (C=O) groups is 1. The molecule has 1 aliphatic heterocycles. The van der Waals surface area contributed by atoms with Crippen LogP contribution in [0.15, 0.2) is 42.5 Å². The van der Waals surface area contributed by atoms with Gasteiger partial charge in [-0.25, -0.2) is 0 Å². The third-order valence-corrected chi connectivity index (χ3v) is 5.66. The van der Waals surface area contributed by atoms with Crippen molar-refractivity contribution in [3.8, 4) is 5.75 Å². The number of aryl methyl sites for hydroxylation is 1. The van der Waals surface area contributed by atoms with Gasteiger partial charge >= 0.3 is 0 Å². The molecule has 3 rings (SSSR count). The Labute approximate surface area is 192 Å². The minimum atomic E-state index is 0. The van der Waals surface area contributed by atoms with Crippen LogP contribution in [-0.2, 0) is 0 Å². The van der Waals surface area contributed by atoms with E-state index in [9.17, 15) is 4.79 Å². The van der Waals surface area contributed by atoms with E-state index in [0.29, 0.717) is 0 Å². The van der Waals surface area contributed by atoms with E-state index in [1.54, 1.807) is 26.1 Å². The van der Waals surface area contributed by atoms with Gasteiger partial charge in [-0.2, -0.15) is 0 Å². The van der Waals surface area contributed by atoms with E-state index in [0.717, 1.165) is 68.3 Å². The Morgan fingerprint density at radius 2 is 1.77 bits per heavy atom. The van der Waals surface area contributed by atoms with Crippen LogP contribution in [0, 0.1) is 6.92 Å². The van der Waals surface area contributed by atoms with Crippen LogP contribution in [0.5, 0.6) is 5.75 Å². The van der Waals surface area contributed by atoms with Crippen LogP contribution in [0.3, 0.4) is 0 Å². The molecule has 0 aliphatic carbocycles. The quantitative estimate of drug-likeness (QED) is 0.626. The lowest BCUT2D eigenvalue weighted by molar-refractivity contribution is 0.0828. The van der Waals surface area contributed by atoms with Crippen molar-refractivity contribution in [2.24, 2.45) is 0 Å². The number of amides is 1. The summed E-state index contributed by atoms with van der Waals surface area (Å²) in [6.07, 6.45) is 1.04. The van der Waals surface area contributed by atoms with Crippen LogP contribution in [0.2, 0.25) is 0 Å². The van der Waals surface area contributed by atoms with Gasteiger partial charge < -0.3 is 19.9 Å². The third kappa shape index (κ3) is 6.28. The van der Waals surface area contributed by atoms with E-state index in [1.807, 2.05) is 37.3 Å². The molecular formula is C24H35ClN4O2. The maximum absolute atomic E-state index is 12.5. The van der Waals surface area contributed by atoms with E-state index in [1.165, 1.54) is 5.69 Å². The largest absolute Gasteiger partial charge is 0.495 e. The molecule has 1 amide bonds. The summed E-state index contributed by atoms with van der Waals surface area (Å²) in [5, 5.41) is 3.51. The number of ether oxygens (including phenoxy) is 1. The SMILES string of the molecule is COc1ccccc1N1CCN(CCCNc2c(C)cccc2C(=O)N(C)C)CC1.Cl. The van der Waals surface area contributed by atoms with Gasteiger partial charge in [0.05, 0.1) is 18.4 Å². The summed E-state index contributed by atoms with van der Waals surface area (Å²) in [7, 11) is 5.31. The van der Waals surface area contributed by atoms with E-state index in [2.05, 4.69) is 27.2 Å². The maximum atomic E-state index is 12.5. The Bertz CT molecular complexity index is 851. The number of para-hydroxylation sites is 3. The number of piperazine rings is 1. The van der Waals surface area contributed by atoms with Gasteiger partial charge in [-0.05, 0) is 43.7 Å². The number of benzene rings is 2. The number of methoxy groups -OCH3 is 1. The second kappa shape index (κ2) is 11.8. The molecule has 0 unspecified atom stereocenters. The third-order valence-electron chi connectivity index (χ3n) is 5.66. The fourth-order valence-electron chi connectivity index (χ4n) is 3.94. The first-order valence-corrected chi connectivity index (χ1v) is 10.7. The lowest BCUT2D eigenvalue weighted by atomic mass is 10.1. The van der Waals surface area contributed by atoms with Crippen LogP contribution >= 0.6 is 12.4 Å². The van der Waals surface area contributed by atoms with E-state index >= 15 is 0 Å². The van der Waals surface area contributed by atoms with Crippen molar-refractivity contribution in [2.75, 3.05) is 70.7 Å². The van der Waals surface area contributed by atoms with Crippen molar-refractivity contribution >= 4 is 29.7 Å². The van der Waals surface area contributed by atoms with Gasteiger partial charge in [0.1, 0.15) is 5.75 Å². The Kier molecular flexibility index (Phi) is 9.46. The Morgan fingerprint density at radius 3 is 2.45 bits per heavy atom. The first kappa shape index (κ1) is 24.8. The van der Waals surface area contributed by atoms with Gasteiger partial charge in [0.2, 0.25) is 0 Å². The summed E-state index contributed by atoms with van der Waals surface area (Å²) in [5.41, 5.74) is 3.98. The molecule has 0 saturated carbocycles. The molecule has 2 aromatic carbocycles. The topological polar surface area (TPSA) is 48.1 Å². The second-order valence-electron chi connectivity index (χ2n) is 7.98. The zero-order valence-electron chi connectivity index (χ0n) is 19.1. The van der Waals surface area contributed by atoms with Crippen molar-refractivity contribution in [1.82, 2.24) is 9.80 Å². The van der Waals surface area contributed by atoms with Gasteiger partial charge in [-0.15, -0.1) is 12.4 Å². The molecule has 1 N–H and O–H groups in total. The molecular weight excluding hydrogens is 412 g/mol. The van der Waals surface area contributed by atoms with Crippen molar-refractivity contribution in [3.05, 3.63) is 53.6 Å². The number of nitrogens with one attached hydrogen (secondary N) is 1. The molecule has 0 spiro atoms. The summed E-state index contributed by atoms with van der Waals surface area (Å²) >= 11 is 0. The molecule has 2 aromatic rings. The Morgan fingerprint density at radius 1 is 1.06 bits per heavy atom. The zero-order chi connectivity index (χ0) is 21.5. The highest BCUT2D eigenvalue weighted by Crippen LogP contribution is 2.28. The van der Waals surface area contributed by atoms with E-state index < -0.39 is 0 Å². The Hall–Kier alpha value is -2.44. The van der Waals surface area contributed by atoms with Crippen LogP contribution in [0.1, 0.15) is 22.3 Å². The first-order chi connectivity index (χ1) is 14.5. The fourth-order valence-corrected chi connectivity index (χ4v) is 3.94. The summed E-state index contributed by atoms with van der Waals surface area (Å²) < 4.78 is 5.51. The molecule has 170 valence electrons. The van der Waals surface area contributed by atoms with Crippen LogP contribution in [0.25, 0.3) is 0 Å². The summed E-state index contributed by atoms with van der Waals surface area (Å²) in [5.74, 6) is 0.977. The highest BCUT2D eigenvalue weighted by atomic mass is 35.5. The van der Waals surface area contributed by atoms with Crippen LogP contribution < -0.4 is 15.0 Å². The molecule has 1 aliphatic rings. The van der Waals surface area contributed by atoms with E-state index in [-0.39, 0.29) is 18.3 Å². The molecule has 7 heteroatoms. The highest BCUT2D eigenvalue weighted by molar-refractivity contribution is 6.00. The van der Waals surface area contributed by atoms with Gasteiger partial charge in [0.25, 0.3) is 5.91 Å². The van der Waals surface area contributed by atoms with Gasteiger partial charge in [0.15, 0.2) is 0 Å².